The van der Waals surface area contributed by atoms with Crippen molar-refractivity contribution in [3.05, 3.63) is 41.2 Å². The third-order valence-corrected chi connectivity index (χ3v) is 3.09. The third kappa shape index (κ3) is 4.83. The highest BCUT2D eigenvalue weighted by molar-refractivity contribution is 6.30. The van der Waals surface area contributed by atoms with Crippen LogP contribution in [0.1, 0.15) is 18.5 Å². The number of rotatable bonds is 8. The van der Waals surface area contributed by atoms with Crippen LogP contribution in [0, 0.1) is 0 Å². The number of hydrogen-bond acceptors (Lipinski definition) is 4. The van der Waals surface area contributed by atoms with Crippen molar-refractivity contribution >= 4 is 11.6 Å². The van der Waals surface area contributed by atoms with Crippen molar-refractivity contribution in [1.29, 1.82) is 0 Å². The number of hydrogen-bond donors (Lipinski definition) is 1. The van der Waals surface area contributed by atoms with Gasteiger partial charge in [-0.3, -0.25) is 4.68 Å². The van der Waals surface area contributed by atoms with Crippen molar-refractivity contribution in [3.8, 4) is 5.75 Å². The Morgan fingerprint density at radius 3 is 2.75 bits per heavy atom. The third-order valence-electron chi connectivity index (χ3n) is 2.84. The van der Waals surface area contributed by atoms with Gasteiger partial charge in [0.05, 0.1) is 12.3 Å². The van der Waals surface area contributed by atoms with E-state index in [2.05, 4.69) is 10.3 Å². The molecule has 0 radical (unpaired) electrons. The minimum absolute atomic E-state index is 0.639. The van der Waals surface area contributed by atoms with Gasteiger partial charge in [-0.25, -0.2) is 0 Å². The van der Waals surface area contributed by atoms with Crippen LogP contribution in [0.3, 0.4) is 0 Å². The van der Waals surface area contributed by atoms with Crippen LogP contribution in [0.15, 0.2) is 30.5 Å². The van der Waals surface area contributed by atoms with Gasteiger partial charge in [0.15, 0.2) is 0 Å². The van der Waals surface area contributed by atoms with Crippen molar-refractivity contribution in [3.63, 3.8) is 0 Å². The summed E-state index contributed by atoms with van der Waals surface area (Å²) in [5.41, 5.74) is 6.46. The molecule has 0 saturated heterocycles. The van der Waals surface area contributed by atoms with Gasteiger partial charge < -0.3 is 10.5 Å². The van der Waals surface area contributed by atoms with Crippen LogP contribution in [-0.4, -0.2) is 28.1 Å². The molecule has 1 aromatic carbocycles. The summed E-state index contributed by atoms with van der Waals surface area (Å²) in [7, 11) is 0. The molecule has 0 fully saturated rings. The molecule has 2 rings (SSSR count). The first-order valence-corrected chi connectivity index (χ1v) is 7.13. The van der Waals surface area contributed by atoms with Gasteiger partial charge in [0.1, 0.15) is 5.75 Å². The maximum atomic E-state index is 5.81. The molecule has 0 aliphatic heterocycles. The average Bonchev–Trinajstić information content (AvgIpc) is 2.91. The molecule has 0 spiro atoms. The van der Waals surface area contributed by atoms with Crippen molar-refractivity contribution in [2.45, 2.75) is 25.8 Å². The highest BCUT2D eigenvalue weighted by Crippen LogP contribution is 2.15. The summed E-state index contributed by atoms with van der Waals surface area (Å²) < 4.78 is 7.46. The fourth-order valence-electron chi connectivity index (χ4n) is 1.79. The summed E-state index contributed by atoms with van der Waals surface area (Å²) in [6.45, 7) is 2.12. The molecule has 1 aromatic heterocycles. The number of nitrogens with two attached hydrogens (primary N) is 1. The first-order valence-electron chi connectivity index (χ1n) is 6.75. The summed E-state index contributed by atoms with van der Waals surface area (Å²) in [6, 6.07) is 7.36. The van der Waals surface area contributed by atoms with Crippen LogP contribution >= 0.6 is 11.6 Å². The van der Waals surface area contributed by atoms with E-state index in [0.29, 0.717) is 18.2 Å². The topological polar surface area (TPSA) is 66.0 Å². The lowest BCUT2D eigenvalue weighted by Crippen LogP contribution is -2.05. The van der Waals surface area contributed by atoms with Crippen molar-refractivity contribution in [2.24, 2.45) is 5.73 Å². The average molecular weight is 295 g/mol. The second-order valence-corrected chi connectivity index (χ2v) is 4.96. The quantitative estimate of drug-likeness (QED) is 0.759. The molecule has 20 heavy (non-hydrogen) atoms. The highest BCUT2D eigenvalue weighted by Gasteiger charge is 2.00. The fourth-order valence-corrected chi connectivity index (χ4v) is 1.92. The molecule has 5 nitrogen and oxygen atoms in total. The lowest BCUT2D eigenvalue weighted by molar-refractivity contribution is 0.298. The molecule has 2 aromatic rings. The van der Waals surface area contributed by atoms with Crippen molar-refractivity contribution in [1.82, 2.24) is 15.0 Å². The normalized spacial score (nSPS) is 10.7. The van der Waals surface area contributed by atoms with E-state index >= 15 is 0 Å². The molecular weight excluding hydrogens is 276 g/mol. The Kier molecular flexibility index (Phi) is 5.83. The highest BCUT2D eigenvalue weighted by atomic mass is 35.5. The Morgan fingerprint density at radius 1 is 1.20 bits per heavy atom. The van der Waals surface area contributed by atoms with Crippen LogP contribution in [0.4, 0.5) is 0 Å². The Labute approximate surface area is 123 Å². The molecule has 1 heterocycles. The van der Waals surface area contributed by atoms with Crippen molar-refractivity contribution < 1.29 is 4.74 Å². The predicted molar refractivity (Wildman–Crippen MR) is 79.0 cm³/mol. The van der Waals surface area contributed by atoms with Gasteiger partial charge in [-0.05, 0) is 43.7 Å². The van der Waals surface area contributed by atoms with Crippen LogP contribution in [0.25, 0.3) is 0 Å². The lowest BCUT2D eigenvalue weighted by atomic mass is 10.2. The zero-order chi connectivity index (χ0) is 14.2. The number of nitrogens with zero attached hydrogens (tertiary/aromatic N) is 3. The monoisotopic (exact) mass is 294 g/mol. The number of aromatic nitrogens is 3. The summed E-state index contributed by atoms with van der Waals surface area (Å²) >= 11 is 5.81. The maximum absolute atomic E-state index is 5.81. The van der Waals surface area contributed by atoms with E-state index in [9.17, 15) is 0 Å². The van der Waals surface area contributed by atoms with E-state index in [4.69, 9.17) is 22.1 Å². The van der Waals surface area contributed by atoms with E-state index < -0.39 is 0 Å². The number of ether oxygens (including phenoxy) is 1. The standard InChI is InChI=1S/C14H19ClN4O/c15-12-4-6-14(7-5-12)20-10-2-9-19-11-13(17-18-19)3-1-8-16/h4-7,11H,1-3,8-10,16H2. The predicted octanol–water partition coefficient (Wildman–Crippen LogP) is 2.29. The number of aryl methyl sites for hydroxylation is 2. The Morgan fingerprint density at radius 2 is 2.00 bits per heavy atom. The summed E-state index contributed by atoms with van der Waals surface area (Å²) in [5.74, 6) is 0.830. The molecule has 0 aliphatic rings. The maximum Gasteiger partial charge on any atom is 0.119 e. The first-order chi connectivity index (χ1) is 9.78. The van der Waals surface area contributed by atoms with Gasteiger partial charge in [-0.1, -0.05) is 16.8 Å². The summed E-state index contributed by atoms with van der Waals surface area (Å²) in [6.07, 6.45) is 4.68. The zero-order valence-electron chi connectivity index (χ0n) is 11.3. The molecule has 0 amide bonds. The van der Waals surface area contributed by atoms with Crippen LogP contribution in [0.2, 0.25) is 5.02 Å². The minimum atomic E-state index is 0.639. The van der Waals surface area contributed by atoms with E-state index in [0.717, 1.165) is 37.3 Å². The van der Waals surface area contributed by atoms with Gasteiger partial charge in [0.2, 0.25) is 0 Å². The summed E-state index contributed by atoms with van der Waals surface area (Å²) in [4.78, 5) is 0. The van der Waals surface area contributed by atoms with Crippen LogP contribution < -0.4 is 10.5 Å². The molecule has 108 valence electrons. The molecule has 0 bridgehead atoms. The second kappa shape index (κ2) is 7.87. The molecule has 6 heteroatoms. The Bertz CT molecular complexity index is 512. The van der Waals surface area contributed by atoms with Crippen molar-refractivity contribution in [2.75, 3.05) is 13.2 Å². The molecule has 2 N–H and O–H groups in total. The molecule has 0 atom stereocenters. The van der Waals surface area contributed by atoms with Gasteiger partial charge in [-0.15, -0.1) is 5.10 Å². The number of benzene rings is 1. The molecular formula is C14H19ClN4O. The Balaban J connectivity index is 1.67. The second-order valence-electron chi connectivity index (χ2n) is 4.52. The van der Waals surface area contributed by atoms with Gasteiger partial charge in [-0.2, -0.15) is 0 Å². The largest absolute Gasteiger partial charge is 0.494 e. The molecule has 0 aliphatic carbocycles. The van der Waals surface area contributed by atoms with Crippen LogP contribution in [0.5, 0.6) is 5.75 Å². The molecule has 0 saturated carbocycles. The van der Waals surface area contributed by atoms with Gasteiger partial charge in [0.25, 0.3) is 0 Å². The van der Waals surface area contributed by atoms with E-state index in [1.54, 1.807) is 0 Å². The lowest BCUT2D eigenvalue weighted by Gasteiger charge is -2.05. The number of halogens is 1. The fraction of sp³-hybridized carbons (Fsp3) is 0.429. The summed E-state index contributed by atoms with van der Waals surface area (Å²) in [5, 5.41) is 8.89. The van der Waals surface area contributed by atoms with E-state index in [1.807, 2.05) is 35.1 Å². The first kappa shape index (κ1) is 14.8. The smallest absolute Gasteiger partial charge is 0.119 e. The molecule has 0 unspecified atom stereocenters. The van der Waals surface area contributed by atoms with Crippen LogP contribution in [-0.2, 0) is 13.0 Å². The van der Waals surface area contributed by atoms with E-state index in [-0.39, 0.29) is 0 Å². The zero-order valence-corrected chi connectivity index (χ0v) is 12.1. The SMILES string of the molecule is NCCCc1cn(CCCOc2ccc(Cl)cc2)nn1. The van der Waals surface area contributed by atoms with Gasteiger partial charge in [0, 0.05) is 24.2 Å². The minimum Gasteiger partial charge on any atom is -0.494 e. The Hall–Kier alpha value is -1.59. The van der Waals surface area contributed by atoms with E-state index in [1.165, 1.54) is 0 Å². The van der Waals surface area contributed by atoms with Gasteiger partial charge >= 0.3 is 0 Å².